The second kappa shape index (κ2) is 6.39. The van der Waals surface area contributed by atoms with Gasteiger partial charge in [0, 0.05) is 5.39 Å². The van der Waals surface area contributed by atoms with Gasteiger partial charge in [0.1, 0.15) is 16.5 Å². The lowest BCUT2D eigenvalue weighted by atomic mass is 10.2. The Morgan fingerprint density at radius 2 is 2.09 bits per heavy atom. The Labute approximate surface area is 141 Å². The lowest BCUT2D eigenvalue weighted by Gasteiger charge is -2.11. The van der Waals surface area contributed by atoms with Crippen LogP contribution in [0, 0.1) is 0 Å². The third-order valence-electron chi connectivity index (χ3n) is 3.13. The van der Waals surface area contributed by atoms with Gasteiger partial charge in [0.15, 0.2) is 5.16 Å². The average molecular weight is 346 g/mol. The molecule has 0 radical (unpaired) electrons. The van der Waals surface area contributed by atoms with Crippen molar-refractivity contribution >= 4 is 51.7 Å². The normalized spacial score (nSPS) is 10.7. The van der Waals surface area contributed by atoms with E-state index in [-0.39, 0.29) is 16.5 Å². The van der Waals surface area contributed by atoms with E-state index in [0.29, 0.717) is 10.8 Å². The van der Waals surface area contributed by atoms with E-state index >= 15 is 0 Å². The Morgan fingerprint density at radius 3 is 2.83 bits per heavy atom. The topological polar surface area (TPSA) is 93.8 Å². The first-order valence-corrected chi connectivity index (χ1v) is 8.22. The number of benzene rings is 1. The molecular weight excluding hydrogens is 334 g/mol. The molecule has 0 bridgehead atoms. The molecule has 0 saturated carbocycles. The van der Waals surface area contributed by atoms with Gasteiger partial charge >= 0.3 is 0 Å². The van der Waals surface area contributed by atoms with Crippen LogP contribution in [0.4, 0.5) is 11.5 Å². The quantitative estimate of drug-likeness (QED) is 0.428. The van der Waals surface area contributed by atoms with Gasteiger partial charge in [-0.2, -0.15) is 0 Å². The Kier molecular flexibility index (Phi) is 4.31. The number of thioether (sulfide) groups is 1. The number of hydrogen-bond acceptors (Lipinski definition) is 6. The molecule has 3 aromatic rings. The summed E-state index contributed by atoms with van der Waals surface area (Å²) in [4.78, 5) is 24.3. The van der Waals surface area contributed by atoms with Crippen molar-refractivity contribution in [1.82, 2.24) is 15.0 Å². The summed E-state index contributed by atoms with van der Waals surface area (Å²) < 4.78 is 0. The van der Waals surface area contributed by atoms with E-state index in [9.17, 15) is 4.79 Å². The Bertz CT molecular complexity index is 902. The molecule has 3 N–H and O–H groups in total. The third-order valence-corrected chi connectivity index (χ3v) is 3.95. The van der Waals surface area contributed by atoms with Crippen LogP contribution in [0.15, 0.2) is 41.7 Å². The maximum Gasteiger partial charge on any atom is 0.255 e. The minimum absolute atomic E-state index is 0.0214. The van der Waals surface area contributed by atoms with Crippen LogP contribution >= 0.6 is 23.4 Å². The van der Waals surface area contributed by atoms with Crippen molar-refractivity contribution in [1.29, 1.82) is 0 Å². The zero-order valence-corrected chi connectivity index (χ0v) is 13.6. The van der Waals surface area contributed by atoms with Crippen LogP contribution < -0.4 is 11.1 Å². The van der Waals surface area contributed by atoms with Crippen LogP contribution in [0.3, 0.4) is 0 Å². The summed E-state index contributed by atoms with van der Waals surface area (Å²) in [6.45, 7) is 0. The second-order valence-corrected chi connectivity index (χ2v) is 5.76. The van der Waals surface area contributed by atoms with Crippen molar-refractivity contribution < 1.29 is 4.79 Å². The largest absolute Gasteiger partial charge is 0.365 e. The van der Waals surface area contributed by atoms with Crippen molar-refractivity contribution in [3.8, 4) is 0 Å². The first-order chi connectivity index (χ1) is 11.1. The molecule has 0 aliphatic heterocycles. The highest BCUT2D eigenvalue weighted by molar-refractivity contribution is 7.98. The third kappa shape index (κ3) is 3.20. The molecule has 0 fully saturated rings. The Balaban J connectivity index is 2.06. The van der Waals surface area contributed by atoms with E-state index in [1.165, 1.54) is 11.8 Å². The van der Waals surface area contributed by atoms with E-state index in [2.05, 4.69) is 20.3 Å². The van der Waals surface area contributed by atoms with E-state index in [0.717, 1.165) is 10.9 Å². The summed E-state index contributed by atoms with van der Waals surface area (Å²) in [5.74, 6) is -0.433. The highest BCUT2D eigenvalue weighted by Crippen LogP contribution is 2.27. The molecule has 0 spiro atoms. The molecule has 23 heavy (non-hydrogen) atoms. The summed E-state index contributed by atoms with van der Waals surface area (Å²) in [5, 5.41) is 4.47. The Morgan fingerprint density at radius 1 is 1.30 bits per heavy atom. The number of pyridine rings is 1. The fourth-order valence-corrected chi connectivity index (χ4v) is 2.77. The molecule has 2 aromatic heterocycles. The number of rotatable bonds is 4. The maximum absolute atomic E-state index is 11.6. The summed E-state index contributed by atoms with van der Waals surface area (Å²) in [7, 11) is 0. The van der Waals surface area contributed by atoms with Gasteiger partial charge in [0.05, 0.1) is 17.4 Å². The number of carbonyl (C=O) groups excluding carboxylic acids is 1. The first-order valence-electron chi connectivity index (χ1n) is 6.61. The minimum atomic E-state index is -0.695. The first kappa shape index (κ1) is 15.5. The van der Waals surface area contributed by atoms with E-state index in [1.807, 2.05) is 36.6 Å². The number of anilines is 2. The predicted molar refractivity (Wildman–Crippen MR) is 92.4 cm³/mol. The highest BCUT2D eigenvalue weighted by Gasteiger charge is 2.18. The number of carbonyl (C=O) groups is 1. The fourth-order valence-electron chi connectivity index (χ4n) is 2.09. The standard InChI is InChI=1S/C15H12ClN5OS/c1-23-15-20-12(16)11(13(17)22)14(21-15)19-9-6-8-4-2-3-5-10(8)18-7-9/h2-7H,1H3,(H2,17,22)(H,19,20,21). The van der Waals surface area contributed by atoms with E-state index in [4.69, 9.17) is 17.3 Å². The Hall–Kier alpha value is -2.38. The number of nitrogens with two attached hydrogens (primary N) is 1. The highest BCUT2D eigenvalue weighted by atomic mass is 35.5. The molecule has 8 heteroatoms. The number of nitrogens with zero attached hydrogens (tertiary/aromatic N) is 3. The molecule has 6 nitrogen and oxygen atoms in total. The van der Waals surface area contributed by atoms with Gasteiger partial charge in [0.25, 0.3) is 5.91 Å². The van der Waals surface area contributed by atoms with Gasteiger partial charge in [-0.3, -0.25) is 9.78 Å². The molecule has 1 aromatic carbocycles. The van der Waals surface area contributed by atoms with Crippen molar-refractivity contribution in [3.05, 3.63) is 47.2 Å². The number of fused-ring (bicyclic) bond motifs is 1. The van der Waals surface area contributed by atoms with Crippen molar-refractivity contribution in [2.45, 2.75) is 5.16 Å². The number of amides is 1. The monoisotopic (exact) mass is 345 g/mol. The van der Waals surface area contributed by atoms with Gasteiger partial charge in [-0.05, 0) is 18.4 Å². The molecule has 0 unspecified atom stereocenters. The molecule has 0 atom stereocenters. The van der Waals surface area contributed by atoms with Gasteiger partial charge in [-0.1, -0.05) is 41.6 Å². The number of nitrogens with one attached hydrogen (secondary N) is 1. The summed E-state index contributed by atoms with van der Waals surface area (Å²) >= 11 is 7.36. The van der Waals surface area contributed by atoms with Crippen LogP contribution in [0.2, 0.25) is 5.15 Å². The lowest BCUT2D eigenvalue weighted by molar-refractivity contribution is 0.100. The molecular formula is C15H12ClN5OS. The second-order valence-electron chi connectivity index (χ2n) is 4.63. The van der Waals surface area contributed by atoms with Crippen LogP contribution in [-0.2, 0) is 0 Å². The molecule has 0 saturated heterocycles. The molecule has 0 aliphatic rings. The van der Waals surface area contributed by atoms with Crippen LogP contribution in [0.25, 0.3) is 10.9 Å². The van der Waals surface area contributed by atoms with Crippen molar-refractivity contribution in [2.75, 3.05) is 11.6 Å². The predicted octanol–water partition coefficient (Wildman–Crippen LogP) is 3.24. The zero-order valence-electron chi connectivity index (χ0n) is 12.1. The number of primary amides is 1. The summed E-state index contributed by atoms with van der Waals surface area (Å²) in [6, 6.07) is 9.62. The summed E-state index contributed by atoms with van der Waals surface area (Å²) in [6.07, 6.45) is 3.47. The van der Waals surface area contributed by atoms with E-state index < -0.39 is 5.91 Å². The molecule has 116 valence electrons. The average Bonchev–Trinajstić information content (AvgIpc) is 2.53. The molecule has 0 aliphatic carbocycles. The minimum Gasteiger partial charge on any atom is -0.365 e. The smallest absolute Gasteiger partial charge is 0.255 e. The van der Waals surface area contributed by atoms with Crippen LogP contribution in [0.5, 0.6) is 0 Å². The fraction of sp³-hybridized carbons (Fsp3) is 0.0667. The number of halogens is 1. The van der Waals surface area contributed by atoms with E-state index in [1.54, 1.807) is 6.20 Å². The number of aromatic nitrogens is 3. The molecule has 3 rings (SSSR count). The molecule has 1 amide bonds. The SMILES string of the molecule is CSc1nc(Cl)c(C(N)=O)c(Nc2cnc3ccccc3c2)n1. The van der Waals surface area contributed by atoms with Gasteiger partial charge in [-0.15, -0.1) is 0 Å². The lowest BCUT2D eigenvalue weighted by Crippen LogP contribution is -2.16. The van der Waals surface area contributed by atoms with Crippen molar-refractivity contribution in [2.24, 2.45) is 5.73 Å². The van der Waals surface area contributed by atoms with Crippen LogP contribution in [-0.4, -0.2) is 27.1 Å². The summed E-state index contributed by atoms with van der Waals surface area (Å²) in [5.41, 5.74) is 6.99. The van der Waals surface area contributed by atoms with Gasteiger partial charge in [-0.25, -0.2) is 9.97 Å². The van der Waals surface area contributed by atoms with Gasteiger partial charge in [0.2, 0.25) is 0 Å². The number of hydrogen-bond donors (Lipinski definition) is 2. The molecule has 2 heterocycles. The maximum atomic E-state index is 11.6. The van der Waals surface area contributed by atoms with Crippen LogP contribution in [0.1, 0.15) is 10.4 Å². The van der Waals surface area contributed by atoms with Crippen molar-refractivity contribution in [3.63, 3.8) is 0 Å². The zero-order chi connectivity index (χ0) is 16.4. The van der Waals surface area contributed by atoms with Gasteiger partial charge < -0.3 is 11.1 Å². The number of para-hydroxylation sites is 1.